The van der Waals surface area contributed by atoms with Crippen molar-refractivity contribution >= 4 is 17.7 Å². The molecule has 148 valence electrons. The molecule has 0 aromatic heterocycles. The standard InChI is InChI=1S/C20H30N4O3/c1-3-24(4-2)19(25)16-9-11-17(12-10-16)23-20(26)27-18(13-15-22)8-6-5-7-14-21/h9-12,18H,3-8,13-14,21H2,1-2H3,(H,23,26). The maximum absolute atomic E-state index is 12.3. The molecule has 0 saturated carbocycles. The molecule has 0 fully saturated rings. The zero-order chi connectivity index (χ0) is 20.1. The smallest absolute Gasteiger partial charge is 0.411 e. The highest BCUT2D eigenvalue weighted by Gasteiger charge is 2.15. The van der Waals surface area contributed by atoms with Crippen LogP contribution in [0, 0.1) is 11.3 Å². The van der Waals surface area contributed by atoms with Gasteiger partial charge in [0.25, 0.3) is 5.91 Å². The number of nitrogens with two attached hydrogens (primary N) is 1. The number of hydrogen-bond donors (Lipinski definition) is 2. The summed E-state index contributed by atoms with van der Waals surface area (Å²) >= 11 is 0. The van der Waals surface area contributed by atoms with Crippen molar-refractivity contribution in [2.45, 2.75) is 52.1 Å². The van der Waals surface area contributed by atoms with Crippen LogP contribution in [0.5, 0.6) is 0 Å². The summed E-state index contributed by atoms with van der Waals surface area (Å²) in [7, 11) is 0. The Morgan fingerprint density at radius 1 is 1.19 bits per heavy atom. The van der Waals surface area contributed by atoms with Crippen molar-refractivity contribution in [2.24, 2.45) is 5.73 Å². The lowest BCUT2D eigenvalue weighted by molar-refractivity contribution is 0.0773. The van der Waals surface area contributed by atoms with E-state index in [0.29, 0.717) is 37.3 Å². The van der Waals surface area contributed by atoms with E-state index in [2.05, 4.69) is 5.32 Å². The number of rotatable bonds is 11. The Morgan fingerprint density at radius 2 is 1.85 bits per heavy atom. The van der Waals surface area contributed by atoms with Crippen molar-refractivity contribution in [1.29, 1.82) is 5.26 Å². The van der Waals surface area contributed by atoms with Crippen LogP contribution in [0.1, 0.15) is 56.3 Å². The number of carbonyl (C=O) groups excluding carboxylic acids is 2. The summed E-state index contributed by atoms with van der Waals surface area (Å²) in [5, 5.41) is 11.5. The molecule has 0 radical (unpaired) electrons. The summed E-state index contributed by atoms with van der Waals surface area (Å²) in [5.41, 5.74) is 6.57. The summed E-state index contributed by atoms with van der Waals surface area (Å²) in [6.45, 7) is 5.79. The van der Waals surface area contributed by atoms with Crippen LogP contribution in [0.4, 0.5) is 10.5 Å². The lowest BCUT2D eigenvalue weighted by Gasteiger charge is -2.19. The maximum Gasteiger partial charge on any atom is 0.411 e. The minimum absolute atomic E-state index is 0.0410. The van der Waals surface area contributed by atoms with Crippen LogP contribution in [0.2, 0.25) is 0 Å². The van der Waals surface area contributed by atoms with E-state index >= 15 is 0 Å². The molecule has 0 bridgehead atoms. The van der Waals surface area contributed by atoms with E-state index in [1.54, 1.807) is 29.2 Å². The minimum atomic E-state index is -0.600. The summed E-state index contributed by atoms with van der Waals surface area (Å²) in [5.74, 6) is -0.0410. The Labute approximate surface area is 161 Å². The summed E-state index contributed by atoms with van der Waals surface area (Å²) in [6.07, 6.45) is 2.49. The molecule has 1 aromatic carbocycles. The molecule has 0 aliphatic heterocycles. The summed E-state index contributed by atoms with van der Waals surface area (Å²) in [4.78, 5) is 26.1. The van der Waals surface area contributed by atoms with Crippen LogP contribution >= 0.6 is 0 Å². The fraction of sp³-hybridized carbons (Fsp3) is 0.550. The number of hydrogen-bond acceptors (Lipinski definition) is 5. The van der Waals surface area contributed by atoms with Gasteiger partial charge in [-0.05, 0) is 63.9 Å². The van der Waals surface area contributed by atoms with E-state index in [1.807, 2.05) is 19.9 Å². The van der Waals surface area contributed by atoms with Gasteiger partial charge >= 0.3 is 6.09 Å². The number of carbonyl (C=O) groups is 2. The zero-order valence-electron chi connectivity index (χ0n) is 16.2. The Kier molecular flexibility index (Phi) is 10.6. The number of nitrogens with one attached hydrogen (secondary N) is 1. The van der Waals surface area contributed by atoms with Gasteiger partial charge < -0.3 is 15.4 Å². The Hall–Kier alpha value is -2.59. The van der Waals surface area contributed by atoms with Crippen molar-refractivity contribution < 1.29 is 14.3 Å². The fourth-order valence-electron chi connectivity index (χ4n) is 2.69. The van der Waals surface area contributed by atoms with Crippen molar-refractivity contribution in [3.63, 3.8) is 0 Å². The zero-order valence-corrected chi connectivity index (χ0v) is 16.2. The van der Waals surface area contributed by atoms with E-state index in [-0.39, 0.29) is 12.3 Å². The third-order valence-corrected chi connectivity index (χ3v) is 4.25. The van der Waals surface area contributed by atoms with Crippen molar-refractivity contribution in [1.82, 2.24) is 4.90 Å². The van der Waals surface area contributed by atoms with Gasteiger partial charge in [0.15, 0.2) is 0 Å². The first-order valence-electron chi connectivity index (χ1n) is 9.49. The second-order valence-electron chi connectivity index (χ2n) is 6.21. The molecule has 1 aromatic rings. The Morgan fingerprint density at radius 3 is 2.41 bits per heavy atom. The van der Waals surface area contributed by atoms with Crippen LogP contribution in [0.15, 0.2) is 24.3 Å². The molecule has 7 nitrogen and oxygen atoms in total. The maximum atomic E-state index is 12.3. The molecule has 0 aliphatic rings. The van der Waals surface area contributed by atoms with E-state index in [9.17, 15) is 9.59 Å². The van der Waals surface area contributed by atoms with Crippen LogP contribution in [0.25, 0.3) is 0 Å². The molecular formula is C20H30N4O3. The van der Waals surface area contributed by atoms with Gasteiger partial charge in [0.1, 0.15) is 6.10 Å². The average molecular weight is 374 g/mol. The van der Waals surface area contributed by atoms with Crippen LogP contribution in [-0.4, -0.2) is 42.6 Å². The molecule has 0 spiro atoms. The highest BCUT2D eigenvalue weighted by Crippen LogP contribution is 2.14. The monoisotopic (exact) mass is 374 g/mol. The molecule has 1 atom stereocenters. The predicted molar refractivity (Wildman–Crippen MR) is 105 cm³/mol. The average Bonchev–Trinajstić information content (AvgIpc) is 2.66. The quantitative estimate of drug-likeness (QED) is 0.576. The molecule has 1 rings (SSSR count). The van der Waals surface area contributed by atoms with E-state index < -0.39 is 12.2 Å². The number of unbranched alkanes of at least 4 members (excludes halogenated alkanes) is 2. The normalized spacial score (nSPS) is 11.3. The van der Waals surface area contributed by atoms with Gasteiger partial charge in [-0.2, -0.15) is 5.26 Å². The second-order valence-corrected chi connectivity index (χ2v) is 6.21. The molecule has 1 unspecified atom stereocenters. The predicted octanol–water partition coefficient (Wildman–Crippen LogP) is 3.52. The van der Waals surface area contributed by atoms with E-state index in [0.717, 1.165) is 19.3 Å². The number of ether oxygens (including phenoxy) is 1. The number of anilines is 1. The van der Waals surface area contributed by atoms with Gasteiger partial charge in [-0.25, -0.2) is 4.79 Å². The molecule has 0 aliphatic carbocycles. The fourth-order valence-corrected chi connectivity index (χ4v) is 2.69. The molecule has 27 heavy (non-hydrogen) atoms. The van der Waals surface area contributed by atoms with Crippen molar-refractivity contribution in [2.75, 3.05) is 25.0 Å². The number of benzene rings is 1. The first-order valence-corrected chi connectivity index (χ1v) is 9.49. The first kappa shape index (κ1) is 22.5. The lowest BCUT2D eigenvalue weighted by atomic mass is 10.1. The molecule has 0 heterocycles. The highest BCUT2D eigenvalue weighted by molar-refractivity contribution is 5.95. The first-order chi connectivity index (χ1) is 13.0. The number of amides is 2. The van der Waals surface area contributed by atoms with Crippen molar-refractivity contribution in [3.05, 3.63) is 29.8 Å². The van der Waals surface area contributed by atoms with E-state index in [1.165, 1.54) is 0 Å². The molecular weight excluding hydrogens is 344 g/mol. The van der Waals surface area contributed by atoms with E-state index in [4.69, 9.17) is 15.7 Å². The SMILES string of the molecule is CCN(CC)C(=O)c1ccc(NC(=O)OC(CC#N)CCCCCN)cc1. The third kappa shape index (κ3) is 8.09. The molecule has 3 N–H and O–H groups in total. The second kappa shape index (κ2) is 12.7. The van der Waals surface area contributed by atoms with Crippen molar-refractivity contribution in [3.8, 4) is 6.07 Å². The van der Waals surface area contributed by atoms with Crippen LogP contribution < -0.4 is 11.1 Å². The van der Waals surface area contributed by atoms with Crippen LogP contribution in [-0.2, 0) is 4.74 Å². The number of nitrogens with zero attached hydrogens (tertiary/aromatic N) is 2. The van der Waals surface area contributed by atoms with Gasteiger partial charge in [-0.3, -0.25) is 10.1 Å². The minimum Gasteiger partial charge on any atom is -0.445 e. The summed E-state index contributed by atoms with van der Waals surface area (Å²) in [6, 6.07) is 8.73. The lowest BCUT2D eigenvalue weighted by Crippen LogP contribution is -2.30. The largest absolute Gasteiger partial charge is 0.445 e. The molecule has 7 heteroatoms. The molecule has 0 saturated heterocycles. The summed E-state index contributed by atoms with van der Waals surface area (Å²) < 4.78 is 5.35. The third-order valence-electron chi connectivity index (χ3n) is 4.25. The topological polar surface area (TPSA) is 108 Å². The van der Waals surface area contributed by atoms with Gasteiger partial charge in [0, 0.05) is 24.3 Å². The van der Waals surface area contributed by atoms with Gasteiger partial charge in [-0.1, -0.05) is 6.42 Å². The van der Waals surface area contributed by atoms with Gasteiger partial charge in [0.2, 0.25) is 0 Å². The van der Waals surface area contributed by atoms with Gasteiger partial charge in [-0.15, -0.1) is 0 Å². The van der Waals surface area contributed by atoms with Gasteiger partial charge in [0.05, 0.1) is 12.5 Å². The number of nitriles is 1. The highest BCUT2D eigenvalue weighted by atomic mass is 16.6. The Bertz CT molecular complexity index is 621. The van der Waals surface area contributed by atoms with Crippen LogP contribution in [0.3, 0.4) is 0 Å². The molecule has 2 amide bonds. The Balaban J connectivity index is 2.57.